The van der Waals surface area contributed by atoms with Gasteiger partial charge in [0.1, 0.15) is 5.82 Å². The second-order valence-corrected chi connectivity index (χ2v) is 11.3. The summed E-state index contributed by atoms with van der Waals surface area (Å²) in [5.41, 5.74) is 11.0. The minimum atomic E-state index is -0.381. The maximum atomic E-state index is 13.6. The van der Waals surface area contributed by atoms with Gasteiger partial charge in [0.15, 0.2) is 11.5 Å². The minimum absolute atomic E-state index is 0.0603. The molecule has 230 valence electrons. The molecule has 0 radical (unpaired) electrons. The summed E-state index contributed by atoms with van der Waals surface area (Å²) in [5, 5.41) is 2.58. The van der Waals surface area contributed by atoms with Crippen molar-refractivity contribution in [1.82, 2.24) is 9.88 Å². The zero-order valence-corrected chi connectivity index (χ0v) is 25.3. The molecule has 45 heavy (non-hydrogen) atoms. The number of rotatable bonds is 11. The van der Waals surface area contributed by atoms with Crippen LogP contribution in [0, 0.1) is 0 Å². The Morgan fingerprint density at radius 3 is 2.51 bits per heavy atom. The highest BCUT2D eigenvalue weighted by Crippen LogP contribution is 2.37. The summed E-state index contributed by atoms with van der Waals surface area (Å²) >= 11 is 0. The number of aromatic nitrogens is 1. The van der Waals surface area contributed by atoms with E-state index in [9.17, 15) is 14.4 Å². The van der Waals surface area contributed by atoms with Crippen LogP contribution >= 0.6 is 0 Å². The van der Waals surface area contributed by atoms with E-state index in [4.69, 9.17) is 15.2 Å². The fourth-order valence-corrected chi connectivity index (χ4v) is 5.74. The van der Waals surface area contributed by atoms with Gasteiger partial charge in [-0.15, -0.1) is 0 Å². The van der Waals surface area contributed by atoms with Gasteiger partial charge in [0.25, 0.3) is 11.8 Å². The number of nitrogens with one attached hydrogen (secondary N) is 1. The second-order valence-electron chi connectivity index (χ2n) is 11.3. The van der Waals surface area contributed by atoms with Crippen molar-refractivity contribution in [3.05, 3.63) is 112 Å². The van der Waals surface area contributed by atoms with E-state index in [0.717, 1.165) is 35.2 Å². The molecule has 0 bridgehead atoms. The molecule has 3 heterocycles. The standard InChI is InChI=1S/C35H35N5O5/c1-22(8-9-23-6-4-3-5-7-23)45-31-15-27(12-13-30(31)44-2)40-21-25-11-10-24(14-28(25)35(40)43)19-39-20-26-18-37-32(38-33(41)17-36)16-29(26)34(39)42/h3-7,10-16,18,22H,8-9,17,19-21,36H2,1-2H3,(H,37,38,41). The Balaban J connectivity index is 1.13. The molecule has 0 saturated heterocycles. The van der Waals surface area contributed by atoms with E-state index in [0.29, 0.717) is 42.3 Å². The van der Waals surface area contributed by atoms with E-state index in [1.807, 2.05) is 61.5 Å². The third-order valence-corrected chi connectivity index (χ3v) is 8.14. The summed E-state index contributed by atoms with van der Waals surface area (Å²) in [4.78, 5) is 46.1. The van der Waals surface area contributed by atoms with Crippen LogP contribution in [-0.4, -0.2) is 47.4 Å². The van der Waals surface area contributed by atoms with Crippen molar-refractivity contribution in [2.75, 3.05) is 23.9 Å². The van der Waals surface area contributed by atoms with E-state index in [2.05, 4.69) is 22.4 Å². The van der Waals surface area contributed by atoms with Crippen LogP contribution in [0.1, 0.15) is 56.3 Å². The van der Waals surface area contributed by atoms with Crippen LogP contribution in [0.3, 0.4) is 0 Å². The molecule has 0 saturated carbocycles. The lowest BCUT2D eigenvalue weighted by molar-refractivity contribution is -0.114. The first-order valence-electron chi connectivity index (χ1n) is 14.9. The Morgan fingerprint density at radius 1 is 0.933 bits per heavy atom. The molecule has 3 N–H and O–H groups in total. The van der Waals surface area contributed by atoms with Gasteiger partial charge in [-0.05, 0) is 60.7 Å². The molecule has 0 spiro atoms. The summed E-state index contributed by atoms with van der Waals surface area (Å²) in [5.74, 6) is 0.836. The van der Waals surface area contributed by atoms with Crippen molar-refractivity contribution < 1.29 is 23.9 Å². The second kappa shape index (κ2) is 12.8. The van der Waals surface area contributed by atoms with Crippen LogP contribution < -0.4 is 25.4 Å². The molecule has 0 fully saturated rings. The van der Waals surface area contributed by atoms with Crippen molar-refractivity contribution >= 4 is 29.2 Å². The molecule has 1 atom stereocenters. The highest BCUT2D eigenvalue weighted by molar-refractivity contribution is 6.10. The van der Waals surface area contributed by atoms with E-state index < -0.39 is 0 Å². The molecule has 10 nitrogen and oxygen atoms in total. The highest BCUT2D eigenvalue weighted by Gasteiger charge is 2.32. The smallest absolute Gasteiger partial charge is 0.258 e. The first-order chi connectivity index (χ1) is 21.8. The third-order valence-electron chi connectivity index (χ3n) is 8.14. The molecule has 3 amide bonds. The lowest BCUT2D eigenvalue weighted by atomic mass is 10.1. The number of nitrogens with zero attached hydrogens (tertiary/aromatic N) is 3. The molecule has 1 aromatic heterocycles. The van der Waals surface area contributed by atoms with E-state index in [1.54, 1.807) is 29.2 Å². The number of carbonyl (C=O) groups is 3. The molecule has 10 heteroatoms. The predicted octanol–water partition coefficient (Wildman–Crippen LogP) is 4.70. The van der Waals surface area contributed by atoms with Crippen molar-refractivity contribution in [3.8, 4) is 11.5 Å². The average Bonchev–Trinajstić information content (AvgIpc) is 3.55. The summed E-state index contributed by atoms with van der Waals surface area (Å²) in [6.07, 6.45) is 3.27. The van der Waals surface area contributed by atoms with Gasteiger partial charge in [-0.1, -0.05) is 42.5 Å². The Kier molecular flexibility index (Phi) is 8.48. The van der Waals surface area contributed by atoms with Crippen LogP contribution in [-0.2, 0) is 30.8 Å². The van der Waals surface area contributed by atoms with Gasteiger partial charge in [-0.3, -0.25) is 14.4 Å². The Bertz CT molecular complexity index is 1760. The van der Waals surface area contributed by atoms with Crippen molar-refractivity contribution in [1.29, 1.82) is 0 Å². The largest absolute Gasteiger partial charge is 0.493 e. The molecular weight excluding hydrogens is 570 g/mol. The lowest BCUT2D eigenvalue weighted by Crippen LogP contribution is -2.24. The average molecular weight is 606 g/mol. The monoisotopic (exact) mass is 605 g/mol. The van der Waals surface area contributed by atoms with Crippen LogP contribution in [0.4, 0.5) is 11.5 Å². The number of anilines is 2. The first kappa shape index (κ1) is 29.8. The quantitative estimate of drug-likeness (QED) is 0.254. The molecule has 0 aliphatic carbocycles. The summed E-state index contributed by atoms with van der Waals surface area (Å²) in [7, 11) is 1.60. The van der Waals surface area contributed by atoms with Gasteiger partial charge >= 0.3 is 0 Å². The number of hydrogen-bond donors (Lipinski definition) is 2. The zero-order valence-electron chi connectivity index (χ0n) is 25.3. The number of carbonyl (C=O) groups excluding carboxylic acids is 3. The number of hydrogen-bond acceptors (Lipinski definition) is 7. The Labute approximate surface area is 261 Å². The molecule has 6 rings (SSSR count). The normalized spacial score (nSPS) is 14.3. The maximum Gasteiger partial charge on any atom is 0.258 e. The molecule has 4 aromatic rings. The molecule has 2 aliphatic rings. The third kappa shape index (κ3) is 6.37. The van der Waals surface area contributed by atoms with Crippen molar-refractivity contribution in [2.24, 2.45) is 5.73 Å². The van der Waals surface area contributed by atoms with Crippen molar-refractivity contribution in [2.45, 2.75) is 45.5 Å². The van der Waals surface area contributed by atoms with Gasteiger partial charge < -0.3 is 30.3 Å². The fraction of sp³-hybridized carbons (Fsp3) is 0.257. The van der Waals surface area contributed by atoms with Gasteiger partial charge in [0, 0.05) is 47.7 Å². The van der Waals surface area contributed by atoms with Gasteiger partial charge in [0.2, 0.25) is 5.91 Å². The number of benzene rings is 3. The minimum Gasteiger partial charge on any atom is -0.493 e. The summed E-state index contributed by atoms with van der Waals surface area (Å²) in [6, 6.07) is 23.2. The van der Waals surface area contributed by atoms with Gasteiger partial charge in [-0.25, -0.2) is 4.98 Å². The van der Waals surface area contributed by atoms with Crippen molar-refractivity contribution in [3.63, 3.8) is 0 Å². The number of ether oxygens (including phenoxy) is 2. The number of amides is 3. The molecule has 1 unspecified atom stereocenters. The Morgan fingerprint density at radius 2 is 1.73 bits per heavy atom. The maximum absolute atomic E-state index is 13.6. The SMILES string of the molecule is COc1ccc(N2Cc3ccc(CN4Cc5cnc(NC(=O)CN)cc5C4=O)cc3C2=O)cc1OC(C)CCc1ccccc1. The van der Waals surface area contributed by atoms with Crippen LogP contribution in [0.25, 0.3) is 0 Å². The predicted molar refractivity (Wildman–Crippen MR) is 170 cm³/mol. The van der Waals surface area contributed by atoms with Crippen LogP contribution in [0.15, 0.2) is 79.0 Å². The van der Waals surface area contributed by atoms with Gasteiger partial charge in [-0.2, -0.15) is 0 Å². The number of nitrogens with two attached hydrogens (primary N) is 1. The van der Waals surface area contributed by atoms with E-state index >= 15 is 0 Å². The number of pyridine rings is 1. The van der Waals surface area contributed by atoms with Crippen LogP contribution in [0.5, 0.6) is 11.5 Å². The molecular formula is C35H35N5O5. The molecule has 3 aromatic carbocycles. The van der Waals surface area contributed by atoms with E-state index in [1.165, 1.54) is 5.56 Å². The summed E-state index contributed by atoms with van der Waals surface area (Å²) < 4.78 is 11.9. The van der Waals surface area contributed by atoms with Gasteiger partial charge in [0.05, 0.1) is 26.3 Å². The molecule has 2 aliphatic heterocycles. The number of methoxy groups -OCH3 is 1. The lowest BCUT2D eigenvalue weighted by Gasteiger charge is -2.21. The van der Waals surface area contributed by atoms with Crippen LogP contribution in [0.2, 0.25) is 0 Å². The van der Waals surface area contributed by atoms with E-state index in [-0.39, 0.29) is 36.2 Å². The fourth-order valence-electron chi connectivity index (χ4n) is 5.74. The number of aryl methyl sites for hydroxylation is 1. The number of fused-ring (bicyclic) bond motifs is 2. The highest BCUT2D eigenvalue weighted by atomic mass is 16.5. The first-order valence-corrected chi connectivity index (χ1v) is 14.9. The zero-order chi connectivity index (χ0) is 31.5. The Hall–Kier alpha value is -5.22. The topological polar surface area (TPSA) is 127 Å². The summed E-state index contributed by atoms with van der Waals surface area (Å²) in [6.45, 7) is 3.02.